The Labute approximate surface area is 102 Å². The molecule has 85 valence electrons. The van der Waals surface area contributed by atoms with E-state index in [1.54, 1.807) is 16.5 Å². The van der Waals surface area contributed by atoms with Gasteiger partial charge in [0.25, 0.3) is 0 Å². The molecule has 5 heteroatoms. The van der Waals surface area contributed by atoms with Crippen LogP contribution in [0.15, 0.2) is 6.07 Å². The van der Waals surface area contributed by atoms with E-state index in [4.69, 9.17) is 4.74 Å². The second kappa shape index (κ2) is 5.25. The van der Waals surface area contributed by atoms with Gasteiger partial charge in [-0.15, -0.1) is 0 Å². The van der Waals surface area contributed by atoms with Crippen molar-refractivity contribution in [2.24, 2.45) is 0 Å². The van der Waals surface area contributed by atoms with Crippen LogP contribution < -0.4 is 9.13 Å². The van der Waals surface area contributed by atoms with Crippen molar-refractivity contribution in [2.45, 2.75) is 26.7 Å². The molecule has 0 unspecified atom stereocenters. The van der Waals surface area contributed by atoms with E-state index in [-0.39, 0.29) is 17.2 Å². The van der Waals surface area contributed by atoms with E-state index in [1.807, 2.05) is 6.92 Å². The van der Waals surface area contributed by atoms with Gasteiger partial charge in [0.05, 0.1) is 0 Å². The molecule has 0 fully saturated rings. The number of benzene rings is 1. The first kappa shape index (κ1) is 12.9. The number of ether oxygens (including phenoxy) is 1. The van der Waals surface area contributed by atoms with Gasteiger partial charge in [-0.3, -0.25) is 0 Å². The Bertz CT molecular complexity index is 415. The molecule has 0 saturated carbocycles. The average molecular weight is 282 g/mol. The van der Waals surface area contributed by atoms with Crippen molar-refractivity contribution in [3.8, 4) is 17.2 Å². The van der Waals surface area contributed by atoms with Crippen LogP contribution in [-0.2, 0) is 11.2 Å². The molecule has 0 bridgehead atoms. The molecular formula is C11H13GeO4. The fraction of sp³-hybridized carbons (Fsp3) is 0.364. The number of hydrogen-bond acceptors (Lipinski definition) is 4. The van der Waals surface area contributed by atoms with Gasteiger partial charge in [0.15, 0.2) is 0 Å². The fourth-order valence-corrected chi connectivity index (χ4v) is 2.09. The first-order chi connectivity index (χ1) is 7.47. The van der Waals surface area contributed by atoms with Crippen LogP contribution >= 0.6 is 0 Å². The van der Waals surface area contributed by atoms with Crippen molar-refractivity contribution in [1.29, 1.82) is 0 Å². The summed E-state index contributed by atoms with van der Waals surface area (Å²) in [6.07, 6.45) is 1.47. The van der Waals surface area contributed by atoms with Crippen molar-refractivity contribution < 1.29 is 19.7 Å². The normalized spacial score (nSPS) is 10.2. The first-order valence-corrected chi connectivity index (χ1v) is 6.00. The van der Waals surface area contributed by atoms with Crippen molar-refractivity contribution >= 4 is 26.9 Å². The second-order valence-electron chi connectivity index (χ2n) is 3.44. The zero-order valence-electron chi connectivity index (χ0n) is 9.20. The standard InChI is InChI=1S/C11H13GeO4/c1-3-4-7-10(12)8(14)5-9(15)11(7)16-6(2)13/h5,14-15H,3-4H2,1-2H3. The van der Waals surface area contributed by atoms with Crippen LogP contribution in [0.3, 0.4) is 0 Å². The number of carbonyl (C=O) groups excluding carboxylic acids is 1. The third-order valence-electron chi connectivity index (χ3n) is 2.08. The molecule has 0 aliphatic rings. The summed E-state index contributed by atoms with van der Waals surface area (Å²) in [7, 11) is 0. The molecule has 1 aromatic carbocycles. The van der Waals surface area contributed by atoms with Gasteiger partial charge in [0.2, 0.25) is 0 Å². The van der Waals surface area contributed by atoms with E-state index in [1.165, 1.54) is 13.0 Å². The Morgan fingerprint density at radius 3 is 2.56 bits per heavy atom. The average Bonchev–Trinajstić information content (AvgIpc) is 2.19. The van der Waals surface area contributed by atoms with Crippen LogP contribution in [0.1, 0.15) is 25.8 Å². The van der Waals surface area contributed by atoms with E-state index in [9.17, 15) is 15.0 Å². The van der Waals surface area contributed by atoms with Gasteiger partial charge in [-0.05, 0) is 0 Å². The molecule has 0 aliphatic heterocycles. The number of esters is 1. The van der Waals surface area contributed by atoms with Crippen molar-refractivity contribution in [2.75, 3.05) is 0 Å². The zero-order valence-corrected chi connectivity index (χ0v) is 11.3. The van der Waals surface area contributed by atoms with Crippen LogP contribution in [0, 0.1) is 0 Å². The summed E-state index contributed by atoms with van der Waals surface area (Å²) in [4.78, 5) is 10.9. The minimum absolute atomic E-state index is 0.0110. The Morgan fingerprint density at radius 1 is 1.44 bits per heavy atom. The first-order valence-electron chi connectivity index (χ1n) is 4.95. The van der Waals surface area contributed by atoms with Gasteiger partial charge < -0.3 is 0 Å². The number of hydrogen-bond donors (Lipinski definition) is 2. The van der Waals surface area contributed by atoms with Crippen molar-refractivity contribution in [3.05, 3.63) is 11.6 Å². The molecule has 0 amide bonds. The molecule has 0 spiro atoms. The molecule has 2 N–H and O–H groups in total. The molecule has 1 rings (SSSR count). The van der Waals surface area contributed by atoms with E-state index in [0.717, 1.165) is 6.42 Å². The van der Waals surface area contributed by atoms with Crippen LogP contribution in [0.2, 0.25) is 0 Å². The van der Waals surface area contributed by atoms with Crippen LogP contribution in [0.4, 0.5) is 0 Å². The minimum atomic E-state index is -0.488. The molecule has 16 heavy (non-hydrogen) atoms. The fourth-order valence-electron chi connectivity index (χ4n) is 1.44. The van der Waals surface area contributed by atoms with E-state index >= 15 is 0 Å². The Balaban J connectivity index is 3.31. The maximum atomic E-state index is 10.9. The van der Waals surface area contributed by atoms with Crippen LogP contribution in [0.25, 0.3) is 0 Å². The molecule has 3 radical (unpaired) electrons. The quantitative estimate of drug-likeness (QED) is 0.488. The summed E-state index contributed by atoms with van der Waals surface area (Å²) in [5.74, 6) is -0.527. The van der Waals surface area contributed by atoms with Gasteiger partial charge >= 0.3 is 102 Å². The monoisotopic (exact) mass is 283 g/mol. The number of aromatic hydroxyl groups is 2. The Morgan fingerprint density at radius 2 is 2.06 bits per heavy atom. The summed E-state index contributed by atoms with van der Waals surface area (Å²) < 4.78 is 5.60. The number of phenols is 2. The summed E-state index contributed by atoms with van der Waals surface area (Å²) in [6, 6.07) is 1.19. The van der Waals surface area contributed by atoms with Gasteiger partial charge in [0.1, 0.15) is 0 Å². The number of carbonyl (C=O) groups is 1. The summed E-state index contributed by atoms with van der Waals surface area (Å²) in [6.45, 7) is 3.25. The summed E-state index contributed by atoms with van der Waals surface area (Å²) >= 11 is 1.73. The molecule has 4 nitrogen and oxygen atoms in total. The SMILES string of the molecule is CCCc1[c]([Ge])c(O)cc(O)c1OC(C)=O. The van der Waals surface area contributed by atoms with Crippen LogP contribution in [0.5, 0.6) is 17.2 Å². The van der Waals surface area contributed by atoms with Crippen molar-refractivity contribution in [3.63, 3.8) is 0 Å². The predicted molar refractivity (Wildman–Crippen MR) is 60.5 cm³/mol. The Hall–Kier alpha value is -1.17. The molecule has 0 atom stereocenters. The molecule has 0 aromatic heterocycles. The number of rotatable bonds is 3. The zero-order chi connectivity index (χ0) is 12.3. The summed E-state index contributed by atoms with van der Waals surface area (Å²) in [5, 5.41) is 19.2. The molecule has 1 aromatic rings. The molecule has 0 heterocycles. The topological polar surface area (TPSA) is 66.8 Å². The van der Waals surface area contributed by atoms with E-state index in [2.05, 4.69) is 0 Å². The van der Waals surface area contributed by atoms with Crippen molar-refractivity contribution in [1.82, 2.24) is 0 Å². The Kier molecular flexibility index (Phi) is 4.23. The summed E-state index contributed by atoms with van der Waals surface area (Å²) in [5.41, 5.74) is 0.676. The third-order valence-corrected chi connectivity index (χ3v) is 3.25. The van der Waals surface area contributed by atoms with E-state index < -0.39 is 5.97 Å². The van der Waals surface area contributed by atoms with Crippen LogP contribution in [-0.4, -0.2) is 32.7 Å². The van der Waals surface area contributed by atoms with Gasteiger partial charge in [-0.2, -0.15) is 0 Å². The molecule has 0 saturated heterocycles. The van der Waals surface area contributed by atoms with E-state index in [0.29, 0.717) is 16.4 Å². The van der Waals surface area contributed by atoms with Gasteiger partial charge in [0, 0.05) is 0 Å². The molecule has 0 aliphatic carbocycles. The van der Waals surface area contributed by atoms with Gasteiger partial charge in [-0.1, -0.05) is 0 Å². The number of phenolic OH excluding ortho intramolecular Hbond substituents is 2. The predicted octanol–water partition coefficient (Wildman–Crippen LogP) is 0.769. The molecular weight excluding hydrogens is 269 g/mol. The van der Waals surface area contributed by atoms with Gasteiger partial charge in [-0.25, -0.2) is 0 Å². The second-order valence-corrected chi connectivity index (χ2v) is 4.49. The maximum absolute atomic E-state index is 10.9. The third kappa shape index (κ3) is 2.69.